The molecular weight excluding hydrogens is 466 g/mol. The smallest absolute Gasteiger partial charge is 0.243 e. The maximum atomic E-state index is 12.9. The summed E-state index contributed by atoms with van der Waals surface area (Å²) in [6, 6.07) is 15.0. The van der Waals surface area contributed by atoms with Crippen LogP contribution >= 0.6 is 11.3 Å². The first-order chi connectivity index (χ1) is 16.4. The number of rotatable bonds is 12. The fourth-order valence-electron chi connectivity index (χ4n) is 3.79. The van der Waals surface area contributed by atoms with Crippen molar-refractivity contribution in [1.29, 1.82) is 0 Å². The average Bonchev–Trinajstić information content (AvgIpc) is 3.23. The SMILES string of the molecule is CCCCCn1c(-c2ccc(S(=O)(=O)N(CC)CC)cc2)csc1=Nc1ccc(OCC)cc1. The zero-order valence-corrected chi connectivity index (χ0v) is 22.2. The van der Waals surface area contributed by atoms with E-state index in [0.717, 1.165) is 53.3 Å². The van der Waals surface area contributed by atoms with Gasteiger partial charge in [-0.3, -0.25) is 0 Å². The van der Waals surface area contributed by atoms with Gasteiger partial charge in [0.2, 0.25) is 10.0 Å². The van der Waals surface area contributed by atoms with Crippen LogP contribution in [-0.4, -0.2) is 37.0 Å². The molecule has 0 N–H and O–H groups in total. The van der Waals surface area contributed by atoms with Gasteiger partial charge < -0.3 is 9.30 Å². The van der Waals surface area contributed by atoms with Crippen molar-refractivity contribution in [2.75, 3.05) is 19.7 Å². The van der Waals surface area contributed by atoms with Crippen LogP contribution in [0.25, 0.3) is 11.3 Å². The zero-order valence-electron chi connectivity index (χ0n) is 20.5. The number of aromatic nitrogens is 1. The van der Waals surface area contributed by atoms with E-state index in [1.807, 2.05) is 57.2 Å². The number of nitrogens with zero attached hydrogens (tertiary/aromatic N) is 3. The summed E-state index contributed by atoms with van der Waals surface area (Å²) in [5.74, 6) is 0.837. The van der Waals surface area contributed by atoms with E-state index >= 15 is 0 Å². The Morgan fingerprint density at radius 3 is 2.21 bits per heavy atom. The van der Waals surface area contributed by atoms with Crippen LogP contribution in [0.3, 0.4) is 0 Å². The second kappa shape index (κ2) is 12.3. The maximum Gasteiger partial charge on any atom is 0.243 e. The summed E-state index contributed by atoms with van der Waals surface area (Å²) in [7, 11) is -3.47. The molecule has 0 bridgehead atoms. The molecule has 1 heterocycles. The molecule has 0 aliphatic heterocycles. The molecule has 0 aliphatic carbocycles. The van der Waals surface area contributed by atoms with Crippen molar-refractivity contribution >= 4 is 27.0 Å². The normalized spacial score (nSPS) is 12.4. The first-order valence-electron chi connectivity index (χ1n) is 12.0. The van der Waals surface area contributed by atoms with Crippen LogP contribution in [0.4, 0.5) is 5.69 Å². The summed E-state index contributed by atoms with van der Waals surface area (Å²) in [6.45, 7) is 10.3. The lowest BCUT2D eigenvalue weighted by molar-refractivity contribution is 0.340. The second-order valence-electron chi connectivity index (χ2n) is 7.91. The lowest BCUT2D eigenvalue weighted by atomic mass is 10.1. The Labute approximate surface area is 207 Å². The zero-order chi connectivity index (χ0) is 24.6. The van der Waals surface area contributed by atoms with Crippen molar-refractivity contribution in [3.8, 4) is 17.0 Å². The first-order valence-corrected chi connectivity index (χ1v) is 14.3. The highest BCUT2D eigenvalue weighted by Gasteiger charge is 2.21. The van der Waals surface area contributed by atoms with Crippen LogP contribution in [-0.2, 0) is 16.6 Å². The monoisotopic (exact) mass is 501 g/mol. The molecule has 0 amide bonds. The van der Waals surface area contributed by atoms with Crippen LogP contribution in [0.5, 0.6) is 5.75 Å². The van der Waals surface area contributed by atoms with Crippen molar-refractivity contribution in [2.24, 2.45) is 4.99 Å². The van der Waals surface area contributed by atoms with E-state index in [-0.39, 0.29) is 0 Å². The van der Waals surface area contributed by atoms with Crippen LogP contribution < -0.4 is 9.54 Å². The minimum atomic E-state index is -3.47. The predicted octanol–water partition coefficient (Wildman–Crippen LogP) is 6.07. The Hall–Kier alpha value is -2.42. The number of benzene rings is 2. The summed E-state index contributed by atoms with van der Waals surface area (Å²) < 4.78 is 35.0. The Kier molecular flexibility index (Phi) is 9.50. The van der Waals surface area contributed by atoms with Crippen molar-refractivity contribution in [3.63, 3.8) is 0 Å². The second-order valence-corrected chi connectivity index (χ2v) is 10.7. The third-order valence-electron chi connectivity index (χ3n) is 5.65. The molecule has 0 radical (unpaired) electrons. The van der Waals surface area contributed by atoms with E-state index in [9.17, 15) is 8.42 Å². The molecule has 6 nitrogen and oxygen atoms in total. The summed E-state index contributed by atoms with van der Waals surface area (Å²) in [5.41, 5.74) is 2.92. The maximum absolute atomic E-state index is 12.9. The van der Waals surface area contributed by atoms with Gasteiger partial charge in [0, 0.05) is 25.0 Å². The van der Waals surface area contributed by atoms with E-state index in [1.165, 1.54) is 4.31 Å². The number of hydrogen-bond acceptors (Lipinski definition) is 5. The summed E-state index contributed by atoms with van der Waals surface area (Å²) >= 11 is 1.60. The molecule has 0 saturated carbocycles. The highest BCUT2D eigenvalue weighted by atomic mass is 32.2. The lowest BCUT2D eigenvalue weighted by Crippen LogP contribution is -2.30. The highest BCUT2D eigenvalue weighted by Crippen LogP contribution is 2.25. The van der Waals surface area contributed by atoms with Gasteiger partial charge in [0.25, 0.3) is 0 Å². The Balaban J connectivity index is 1.97. The number of unbranched alkanes of at least 4 members (excludes halogenated alkanes) is 2. The van der Waals surface area contributed by atoms with Crippen molar-refractivity contribution in [2.45, 2.75) is 58.4 Å². The quantitative estimate of drug-likeness (QED) is 0.283. The molecule has 3 aromatic rings. The molecule has 8 heteroatoms. The van der Waals surface area contributed by atoms with Gasteiger partial charge in [-0.15, -0.1) is 11.3 Å². The van der Waals surface area contributed by atoms with Gasteiger partial charge in [-0.25, -0.2) is 13.4 Å². The van der Waals surface area contributed by atoms with Crippen LogP contribution in [0.1, 0.15) is 47.0 Å². The van der Waals surface area contributed by atoms with Gasteiger partial charge in [0.15, 0.2) is 4.80 Å². The minimum absolute atomic E-state index is 0.326. The number of thiazole rings is 1. The molecule has 1 aromatic heterocycles. The molecule has 0 unspecified atom stereocenters. The topological polar surface area (TPSA) is 63.9 Å². The summed E-state index contributed by atoms with van der Waals surface area (Å²) in [5, 5.41) is 2.10. The van der Waals surface area contributed by atoms with Gasteiger partial charge >= 0.3 is 0 Å². The standard InChI is InChI=1S/C26H35N3O3S2/c1-5-9-10-19-29-25(20-33-26(29)27-22-13-15-23(16-14-22)32-8-4)21-11-17-24(18-12-21)34(30,31)28(6-2)7-3/h11-18,20H,5-10,19H2,1-4H3. The average molecular weight is 502 g/mol. The lowest BCUT2D eigenvalue weighted by Gasteiger charge is -2.18. The molecule has 0 fully saturated rings. The number of hydrogen-bond donors (Lipinski definition) is 0. The van der Waals surface area contributed by atoms with Gasteiger partial charge in [-0.2, -0.15) is 4.31 Å². The van der Waals surface area contributed by atoms with E-state index in [4.69, 9.17) is 9.73 Å². The van der Waals surface area contributed by atoms with E-state index in [2.05, 4.69) is 16.9 Å². The molecule has 0 spiro atoms. The van der Waals surface area contributed by atoms with Crippen LogP contribution in [0, 0.1) is 0 Å². The molecule has 0 aliphatic rings. The first kappa shape index (κ1) is 26.2. The van der Waals surface area contributed by atoms with Gasteiger partial charge in [0.1, 0.15) is 5.75 Å². The molecule has 184 valence electrons. The largest absolute Gasteiger partial charge is 0.494 e. The molecule has 3 rings (SSSR count). The van der Waals surface area contributed by atoms with Crippen LogP contribution in [0.15, 0.2) is 63.8 Å². The van der Waals surface area contributed by atoms with E-state index in [1.54, 1.807) is 23.5 Å². The van der Waals surface area contributed by atoms with Crippen molar-refractivity contribution in [1.82, 2.24) is 8.87 Å². The van der Waals surface area contributed by atoms with Crippen LogP contribution in [0.2, 0.25) is 0 Å². The Morgan fingerprint density at radius 2 is 1.62 bits per heavy atom. The van der Waals surface area contributed by atoms with Gasteiger partial charge in [-0.1, -0.05) is 45.7 Å². The van der Waals surface area contributed by atoms with Gasteiger partial charge in [-0.05, 0) is 55.3 Å². The highest BCUT2D eigenvalue weighted by molar-refractivity contribution is 7.89. The molecule has 0 saturated heterocycles. The molecule has 34 heavy (non-hydrogen) atoms. The summed E-state index contributed by atoms with van der Waals surface area (Å²) in [6.07, 6.45) is 3.35. The number of ether oxygens (including phenoxy) is 1. The van der Waals surface area contributed by atoms with Crippen molar-refractivity contribution in [3.05, 3.63) is 58.7 Å². The molecule has 0 atom stereocenters. The number of sulfonamides is 1. The fourth-order valence-corrected chi connectivity index (χ4v) is 6.20. The molecule has 2 aromatic carbocycles. The molecular formula is C26H35N3O3S2. The third kappa shape index (κ3) is 6.17. The third-order valence-corrected chi connectivity index (χ3v) is 8.58. The fraction of sp³-hybridized carbons (Fsp3) is 0.423. The van der Waals surface area contributed by atoms with Crippen molar-refractivity contribution < 1.29 is 13.2 Å². The van der Waals surface area contributed by atoms with E-state index in [0.29, 0.717) is 24.6 Å². The summed E-state index contributed by atoms with van der Waals surface area (Å²) in [4.78, 5) is 6.14. The Morgan fingerprint density at radius 1 is 0.941 bits per heavy atom. The predicted molar refractivity (Wildman–Crippen MR) is 140 cm³/mol. The van der Waals surface area contributed by atoms with E-state index < -0.39 is 10.0 Å². The Bertz CT molecular complexity index is 1210. The minimum Gasteiger partial charge on any atom is -0.494 e. The van der Waals surface area contributed by atoms with Gasteiger partial charge in [0.05, 0.1) is 22.9 Å².